The van der Waals surface area contributed by atoms with Crippen LogP contribution in [-0.2, 0) is 5.41 Å². The molecule has 2 heterocycles. The third-order valence-corrected chi connectivity index (χ3v) is 12.1. The number of benzene rings is 9. The van der Waals surface area contributed by atoms with Gasteiger partial charge in [-0.15, -0.1) is 0 Å². The SMILES string of the molecule is c1ccc(C2(c3ccccc3)c3cc(-c4cnc5c6ccccc6c6ccccc6c5n4)ccc3-c3ccc(-n4c5ccccc5c5ccccc54)cc32)cc1. The van der Waals surface area contributed by atoms with Gasteiger partial charge in [0.05, 0.1) is 39.4 Å². The molecule has 0 atom stereocenters. The molecule has 0 aliphatic heterocycles. The molecule has 0 N–H and O–H groups in total. The second-order valence-electron chi connectivity index (χ2n) is 14.9. The molecule has 1 aliphatic rings. The highest BCUT2D eigenvalue weighted by molar-refractivity contribution is 6.23. The molecule has 0 fully saturated rings. The number of aromatic nitrogens is 3. The zero-order chi connectivity index (χ0) is 36.8. The first-order chi connectivity index (χ1) is 27.8. The van der Waals surface area contributed by atoms with Crippen molar-refractivity contribution >= 4 is 54.4 Å². The Morgan fingerprint density at radius 3 is 1.48 bits per heavy atom. The highest BCUT2D eigenvalue weighted by Crippen LogP contribution is 2.57. The van der Waals surface area contributed by atoms with Crippen LogP contribution in [0.5, 0.6) is 0 Å². The van der Waals surface area contributed by atoms with Crippen LogP contribution in [0.1, 0.15) is 22.3 Å². The average molecular weight is 712 g/mol. The molecule has 3 heteroatoms. The molecule has 0 spiro atoms. The first-order valence-corrected chi connectivity index (χ1v) is 19.2. The Bertz CT molecular complexity index is 3230. The summed E-state index contributed by atoms with van der Waals surface area (Å²) in [5.74, 6) is 0. The van der Waals surface area contributed by atoms with E-state index in [1.54, 1.807) is 0 Å². The van der Waals surface area contributed by atoms with Crippen LogP contribution in [-0.4, -0.2) is 14.5 Å². The van der Waals surface area contributed by atoms with Gasteiger partial charge >= 0.3 is 0 Å². The number of para-hydroxylation sites is 2. The summed E-state index contributed by atoms with van der Waals surface area (Å²) in [5, 5.41) is 7.14. The molecule has 56 heavy (non-hydrogen) atoms. The first-order valence-electron chi connectivity index (χ1n) is 19.2. The zero-order valence-electron chi connectivity index (χ0n) is 30.4. The van der Waals surface area contributed by atoms with Crippen LogP contribution >= 0.6 is 0 Å². The van der Waals surface area contributed by atoms with E-state index < -0.39 is 5.41 Å². The van der Waals surface area contributed by atoms with Gasteiger partial charge in [0.1, 0.15) is 0 Å². The fourth-order valence-electron chi connectivity index (χ4n) is 9.74. The van der Waals surface area contributed by atoms with Gasteiger partial charge in [0, 0.05) is 32.8 Å². The molecular weight excluding hydrogens is 679 g/mol. The van der Waals surface area contributed by atoms with Crippen LogP contribution in [0.25, 0.3) is 82.5 Å². The van der Waals surface area contributed by atoms with Gasteiger partial charge in [-0.3, -0.25) is 4.98 Å². The average Bonchev–Trinajstić information content (AvgIpc) is 3.77. The largest absolute Gasteiger partial charge is 0.309 e. The molecule has 2 aromatic heterocycles. The smallest absolute Gasteiger partial charge is 0.0979 e. The molecule has 11 aromatic rings. The minimum atomic E-state index is -0.592. The Balaban J connectivity index is 1.14. The lowest BCUT2D eigenvalue weighted by atomic mass is 9.67. The van der Waals surface area contributed by atoms with Crippen LogP contribution in [0, 0.1) is 0 Å². The van der Waals surface area contributed by atoms with E-state index in [4.69, 9.17) is 9.97 Å². The van der Waals surface area contributed by atoms with Crippen molar-refractivity contribution in [2.75, 3.05) is 0 Å². The van der Waals surface area contributed by atoms with E-state index in [1.165, 1.54) is 66.0 Å². The van der Waals surface area contributed by atoms with Crippen LogP contribution in [0.15, 0.2) is 200 Å². The van der Waals surface area contributed by atoms with Crippen molar-refractivity contribution in [1.82, 2.24) is 14.5 Å². The van der Waals surface area contributed by atoms with Crippen LogP contribution in [0.3, 0.4) is 0 Å². The van der Waals surface area contributed by atoms with Crippen LogP contribution < -0.4 is 0 Å². The molecule has 0 radical (unpaired) electrons. The minimum Gasteiger partial charge on any atom is -0.309 e. The third kappa shape index (κ3) is 4.22. The number of rotatable bonds is 4. The summed E-state index contributed by atoms with van der Waals surface area (Å²) in [6.45, 7) is 0. The Morgan fingerprint density at radius 1 is 0.393 bits per heavy atom. The molecule has 0 unspecified atom stereocenters. The van der Waals surface area contributed by atoms with E-state index in [2.05, 4.69) is 199 Å². The van der Waals surface area contributed by atoms with Gasteiger partial charge in [-0.2, -0.15) is 0 Å². The van der Waals surface area contributed by atoms with E-state index in [0.717, 1.165) is 38.8 Å². The van der Waals surface area contributed by atoms with Gasteiger partial charge in [0.25, 0.3) is 0 Å². The molecule has 3 nitrogen and oxygen atoms in total. The molecule has 0 amide bonds. The number of nitrogens with zero attached hydrogens (tertiary/aromatic N) is 3. The summed E-state index contributed by atoms with van der Waals surface area (Å²) in [5.41, 5.74) is 14.1. The number of hydrogen-bond donors (Lipinski definition) is 0. The van der Waals surface area contributed by atoms with E-state index in [9.17, 15) is 0 Å². The van der Waals surface area contributed by atoms with Gasteiger partial charge in [0.15, 0.2) is 0 Å². The van der Waals surface area contributed by atoms with Crippen molar-refractivity contribution in [3.05, 3.63) is 223 Å². The number of fused-ring (bicyclic) bond motifs is 12. The van der Waals surface area contributed by atoms with E-state index in [-0.39, 0.29) is 0 Å². The Hall–Kier alpha value is -7.36. The summed E-state index contributed by atoms with van der Waals surface area (Å²) >= 11 is 0. The molecule has 0 saturated carbocycles. The second kappa shape index (κ2) is 11.8. The predicted octanol–water partition coefficient (Wildman–Crippen LogP) is 13.1. The lowest BCUT2D eigenvalue weighted by Gasteiger charge is -2.34. The van der Waals surface area contributed by atoms with Crippen molar-refractivity contribution in [3.63, 3.8) is 0 Å². The topological polar surface area (TPSA) is 30.7 Å². The minimum absolute atomic E-state index is 0.592. The maximum atomic E-state index is 5.43. The summed E-state index contributed by atoms with van der Waals surface area (Å²) in [6.07, 6.45) is 1.96. The van der Waals surface area contributed by atoms with E-state index in [1.807, 2.05) is 6.20 Å². The third-order valence-electron chi connectivity index (χ3n) is 12.1. The first kappa shape index (κ1) is 31.0. The summed E-state index contributed by atoms with van der Waals surface area (Å²) in [4.78, 5) is 10.6. The van der Waals surface area contributed by atoms with Crippen molar-refractivity contribution in [2.24, 2.45) is 0 Å². The lowest BCUT2D eigenvalue weighted by molar-refractivity contribution is 0.767. The van der Waals surface area contributed by atoms with Gasteiger partial charge in [0.2, 0.25) is 0 Å². The summed E-state index contributed by atoms with van der Waals surface area (Å²) < 4.78 is 2.43. The van der Waals surface area contributed by atoms with Gasteiger partial charge in [-0.25, -0.2) is 4.98 Å². The van der Waals surface area contributed by atoms with E-state index >= 15 is 0 Å². The summed E-state index contributed by atoms with van der Waals surface area (Å²) in [6, 6.07) is 70.7. The monoisotopic (exact) mass is 711 g/mol. The van der Waals surface area contributed by atoms with Gasteiger partial charge < -0.3 is 4.57 Å². The van der Waals surface area contributed by atoms with Crippen molar-refractivity contribution in [1.29, 1.82) is 0 Å². The van der Waals surface area contributed by atoms with Crippen LogP contribution in [0.2, 0.25) is 0 Å². The Labute approximate surface area is 323 Å². The van der Waals surface area contributed by atoms with E-state index in [0.29, 0.717) is 0 Å². The molecule has 12 rings (SSSR count). The van der Waals surface area contributed by atoms with Crippen molar-refractivity contribution in [2.45, 2.75) is 5.41 Å². The molecular formula is C53H33N3. The van der Waals surface area contributed by atoms with Crippen molar-refractivity contribution < 1.29 is 0 Å². The molecule has 1 aliphatic carbocycles. The van der Waals surface area contributed by atoms with Crippen molar-refractivity contribution in [3.8, 4) is 28.1 Å². The highest BCUT2D eigenvalue weighted by atomic mass is 15.0. The maximum Gasteiger partial charge on any atom is 0.0979 e. The molecule has 0 saturated heterocycles. The predicted molar refractivity (Wildman–Crippen MR) is 232 cm³/mol. The quantitative estimate of drug-likeness (QED) is 0.170. The Kier molecular flexibility index (Phi) is 6.55. The van der Waals surface area contributed by atoms with Gasteiger partial charge in [-0.05, 0) is 74.5 Å². The second-order valence-corrected chi connectivity index (χ2v) is 14.9. The Morgan fingerprint density at radius 2 is 0.875 bits per heavy atom. The van der Waals surface area contributed by atoms with Gasteiger partial charge in [-0.1, -0.05) is 164 Å². The molecule has 260 valence electrons. The van der Waals surface area contributed by atoms with Crippen LogP contribution in [0.4, 0.5) is 0 Å². The standard InChI is InChI=1S/C53H33N3/c1-3-15-35(16-4-1)53(36-17-5-2-6-18-36)46-31-34(48-33-54-51-44-23-9-7-19-38(44)39-20-8-10-24-45(39)52(51)55-48)27-29-40(46)41-30-28-37(32-47(41)53)56-49-25-13-11-21-42(49)43-22-12-14-26-50(43)56/h1-33H. The fraction of sp³-hybridized carbons (Fsp3) is 0.0189. The highest BCUT2D eigenvalue weighted by Gasteiger charge is 2.46. The normalized spacial score (nSPS) is 13.1. The zero-order valence-corrected chi connectivity index (χ0v) is 30.4. The lowest BCUT2D eigenvalue weighted by Crippen LogP contribution is -2.28. The summed E-state index contributed by atoms with van der Waals surface area (Å²) in [7, 11) is 0. The fourth-order valence-corrected chi connectivity index (χ4v) is 9.74. The maximum absolute atomic E-state index is 5.43. The molecule has 0 bridgehead atoms. The number of hydrogen-bond acceptors (Lipinski definition) is 2. The molecule has 9 aromatic carbocycles.